The van der Waals surface area contributed by atoms with Crippen molar-refractivity contribution >= 4 is 40.6 Å². The van der Waals surface area contributed by atoms with Crippen molar-refractivity contribution in [3.05, 3.63) is 57.2 Å². The van der Waals surface area contributed by atoms with Gasteiger partial charge in [-0.25, -0.2) is 0 Å². The number of carbonyl (C=O) groups excluding carboxylic acids is 1. The molecule has 0 aliphatic rings. The molecule has 0 fully saturated rings. The molecule has 1 unspecified atom stereocenters. The lowest BCUT2D eigenvalue weighted by atomic mass is 10.2. The highest BCUT2D eigenvalue weighted by atomic mass is 35.5. The molecule has 2 aromatic rings. The zero-order valence-electron chi connectivity index (χ0n) is 11.1. The van der Waals surface area contributed by atoms with E-state index in [2.05, 4.69) is 5.32 Å². The molecule has 1 aromatic heterocycles. The lowest BCUT2D eigenvalue weighted by Crippen LogP contribution is -2.27. The molecule has 106 valence electrons. The first-order valence-corrected chi connectivity index (χ1v) is 8.71. The third-order valence-corrected chi connectivity index (χ3v) is 5.03. The highest BCUT2D eigenvalue weighted by molar-refractivity contribution is 7.99. The molecule has 1 amide bonds. The summed E-state index contributed by atoms with van der Waals surface area (Å²) in [6.07, 6.45) is 0. The normalized spacial score (nSPS) is 12.1. The highest BCUT2D eigenvalue weighted by Gasteiger charge is 2.10. The minimum Gasteiger partial charge on any atom is -0.348 e. The van der Waals surface area contributed by atoms with Crippen LogP contribution < -0.4 is 5.32 Å². The van der Waals surface area contributed by atoms with Crippen molar-refractivity contribution in [1.29, 1.82) is 0 Å². The molecule has 0 aliphatic heterocycles. The Morgan fingerprint density at radius 1 is 1.40 bits per heavy atom. The fourth-order valence-electron chi connectivity index (χ4n) is 1.78. The van der Waals surface area contributed by atoms with Crippen LogP contribution in [0.25, 0.3) is 0 Å². The van der Waals surface area contributed by atoms with Crippen molar-refractivity contribution in [1.82, 2.24) is 5.32 Å². The molecule has 1 atom stereocenters. The minimum atomic E-state index is 0.0675. The van der Waals surface area contributed by atoms with Gasteiger partial charge >= 0.3 is 0 Å². The summed E-state index contributed by atoms with van der Waals surface area (Å²) in [4.78, 5) is 13.0. The zero-order valence-corrected chi connectivity index (χ0v) is 13.5. The van der Waals surface area contributed by atoms with Crippen molar-refractivity contribution in [3.63, 3.8) is 0 Å². The number of thiophene rings is 1. The first kappa shape index (κ1) is 15.4. The zero-order chi connectivity index (χ0) is 14.4. The Morgan fingerprint density at radius 2 is 2.25 bits per heavy atom. The van der Waals surface area contributed by atoms with Crippen LogP contribution in [0.2, 0.25) is 5.02 Å². The van der Waals surface area contributed by atoms with E-state index in [1.54, 1.807) is 23.1 Å². The fourth-order valence-corrected chi connectivity index (χ4v) is 3.51. The summed E-state index contributed by atoms with van der Waals surface area (Å²) in [6.45, 7) is 2.01. The van der Waals surface area contributed by atoms with Crippen molar-refractivity contribution in [3.8, 4) is 0 Å². The van der Waals surface area contributed by atoms with Crippen LogP contribution in [-0.2, 0) is 10.5 Å². The Morgan fingerprint density at radius 3 is 2.95 bits per heavy atom. The fraction of sp³-hybridized carbons (Fsp3) is 0.267. The van der Waals surface area contributed by atoms with Gasteiger partial charge in [-0.3, -0.25) is 4.79 Å². The van der Waals surface area contributed by atoms with E-state index in [1.807, 2.05) is 48.7 Å². The van der Waals surface area contributed by atoms with E-state index in [1.165, 1.54) is 4.88 Å². The van der Waals surface area contributed by atoms with E-state index in [-0.39, 0.29) is 11.9 Å². The van der Waals surface area contributed by atoms with Gasteiger partial charge in [-0.15, -0.1) is 23.1 Å². The molecule has 0 saturated heterocycles. The van der Waals surface area contributed by atoms with Gasteiger partial charge in [0.15, 0.2) is 0 Å². The quantitative estimate of drug-likeness (QED) is 0.846. The van der Waals surface area contributed by atoms with Crippen molar-refractivity contribution in [2.24, 2.45) is 0 Å². The second-order valence-corrected chi connectivity index (χ2v) is 6.83. The molecule has 1 aromatic carbocycles. The first-order valence-electron chi connectivity index (χ1n) is 6.30. The van der Waals surface area contributed by atoms with Gasteiger partial charge in [-0.2, -0.15) is 0 Å². The number of nitrogens with one attached hydrogen (secondary N) is 1. The molecule has 0 saturated carbocycles. The highest BCUT2D eigenvalue weighted by Crippen LogP contribution is 2.19. The SMILES string of the molecule is CC(NC(=O)CSCc1cccc(Cl)c1)c1cccs1. The van der Waals surface area contributed by atoms with Crippen LogP contribution in [-0.4, -0.2) is 11.7 Å². The average molecular weight is 326 g/mol. The van der Waals surface area contributed by atoms with Crippen LogP contribution in [0, 0.1) is 0 Å². The second kappa shape index (κ2) is 7.72. The lowest BCUT2D eigenvalue weighted by Gasteiger charge is -2.12. The van der Waals surface area contributed by atoms with Crippen molar-refractivity contribution in [2.45, 2.75) is 18.7 Å². The third-order valence-electron chi connectivity index (χ3n) is 2.74. The standard InChI is InChI=1S/C15H16ClNOS2/c1-11(14-6-3-7-20-14)17-15(18)10-19-9-12-4-2-5-13(16)8-12/h2-8,11H,9-10H2,1H3,(H,17,18). The van der Waals surface area contributed by atoms with E-state index in [0.29, 0.717) is 5.75 Å². The van der Waals surface area contributed by atoms with Crippen LogP contribution in [0.4, 0.5) is 0 Å². The van der Waals surface area contributed by atoms with Gasteiger partial charge in [0.1, 0.15) is 0 Å². The number of rotatable bonds is 6. The summed E-state index contributed by atoms with van der Waals surface area (Å²) >= 11 is 9.18. The predicted octanol–water partition coefficient (Wildman–Crippen LogP) is 4.51. The Kier molecular flexibility index (Phi) is 5.95. The molecule has 0 aliphatic carbocycles. The number of hydrogen-bond acceptors (Lipinski definition) is 3. The van der Waals surface area contributed by atoms with Gasteiger partial charge in [0, 0.05) is 15.7 Å². The van der Waals surface area contributed by atoms with Gasteiger partial charge < -0.3 is 5.32 Å². The average Bonchev–Trinajstić information content (AvgIpc) is 2.92. The summed E-state index contributed by atoms with van der Waals surface area (Å²) in [7, 11) is 0. The van der Waals surface area contributed by atoms with Crippen LogP contribution in [0.3, 0.4) is 0 Å². The Balaban J connectivity index is 1.73. The largest absolute Gasteiger partial charge is 0.348 e. The topological polar surface area (TPSA) is 29.1 Å². The Bertz CT molecular complexity index is 557. The summed E-state index contributed by atoms with van der Waals surface area (Å²) in [5, 5.41) is 5.76. The first-order chi connectivity index (χ1) is 9.65. The van der Waals surface area contributed by atoms with E-state index < -0.39 is 0 Å². The summed E-state index contributed by atoms with van der Waals surface area (Å²) in [5.41, 5.74) is 1.14. The minimum absolute atomic E-state index is 0.0675. The molecule has 20 heavy (non-hydrogen) atoms. The lowest BCUT2D eigenvalue weighted by molar-refractivity contribution is -0.119. The van der Waals surface area contributed by atoms with Gasteiger partial charge in [0.25, 0.3) is 0 Å². The van der Waals surface area contributed by atoms with Crippen LogP contribution in [0.5, 0.6) is 0 Å². The van der Waals surface area contributed by atoms with Gasteiger partial charge in [-0.05, 0) is 36.1 Å². The molecular formula is C15H16ClNOS2. The van der Waals surface area contributed by atoms with E-state index in [4.69, 9.17) is 11.6 Å². The number of thioether (sulfide) groups is 1. The van der Waals surface area contributed by atoms with Crippen molar-refractivity contribution in [2.75, 3.05) is 5.75 Å². The Labute approximate surface area is 132 Å². The molecule has 2 rings (SSSR count). The Hall–Kier alpha value is -0.970. The van der Waals surface area contributed by atoms with Crippen LogP contribution in [0.15, 0.2) is 41.8 Å². The van der Waals surface area contributed by atoms with Crippen LogP contribution in [0.1, 0.15) is 23.4 Å². The molecule has 0 spiro atoms. The van der Waals surface area contributed by atoms with Gasteiger partial charge in [0.05, 0.1) is 11.8 Å². The maximum absolute atomic E-state index is 11.9. The molecule has 0 bridgehead atoms. The van der Waals surface area contributed by atoms with Crippen LogP contribution >= 0.6 is 34.7 Å². The van der Waals surface area contributed by atoms with E-state index >= 15 is 0 Å². The molecule has 2 nitrogen and oxygen atoms in total. The van der Waals surface area contributed by atoms with E-state index in [9.17, 15) is 4.79 Å². The summed E-state index contributed by atoms with van der Waals surface area (Å²) in [6, 6.07) is 11.8. The number of carbonyl (C=O) groups is 1. The smallest absolute Gasteiger partial charge is 0.230 e. The maximum Gasteiger partial charge on any atom is 0.230 e. The van der Waals surface area contributed by atoms with E-state index in [0.717, 1.165) is 16.3 Å². The molecule has 1 N–H and O–H groups in total. The molecular weight excluding hydrogens is 310 g/mol. The number of hydrogen-bond donors (Lipinski definition) is 1. The number of halogens is 1. The predicted molar refractivity (Wildman–Crippen MR) is 88.5 cm³/mol. The third kappa shape index (κ3) is 4.85. The summed E-state index contributed by atoms with van der Waals surface area (Å²) < 4.78 is 0. The van der Waals surface area contributed by atoms with Gasteiger partial charge in [0.2, 0.25) is 5.91 Å². The second-order valence-electron chi connectivity index (χ2n) is 4.43. The van der Waals surface area contributed by atoms with Crippen molar-refractivity contribution < 1.29 is 4.79 Å². The molecule has 5 heteroatoms. The number of benzene rings is 1. The maximum atomic E-state index is 11.9. The monoisotopic (exact) mass is 325 g/mol. The number of amides is 1. The molecule has 0 radical (unpaired) electrons. The molecule has 1 heterocycles. The summed E-state index contributed by atoms with van der Waals surface area (Å²) in [5.74, 6) is 1.32. The van der Waals surface area contributed by atoms with Gasteiger partial charge in [-0.1, -0.05) is 29.8 Å².